The summed E-state index contributed by atoms with van der Waals surface area (Å²) in [6.45, 7) is 0. The summed E-state index contributed by atoms with van der Waals surface area (Å²) in [5.74, 6) is 1.26. The smallest absolute Gasteiger partial charge is 0.250 e. The fraction of sp³-hybridized carbons (Fsp3) is 0.294. The minimum absolute atomic E-state index is 0.0389. The summed E-state index contributed by atoms with van der Waals surface area (Å²) in [5, 5.41) is 0. The van der Waals surface area contributed by atoms with Gasteiger partial charge in [-0.25, -0.2) is 0 Å². The zero-order valence-corrected chi connectivity index (χ0v) is 12.0. The summed E-state index contributed by atoms with van der Waals surface area (Å²) in [4.78, 5) is 23.1. The number of aldehydes is 1. The van der Waals surface area contributed by atoms with Crippen molar-refractivity contribution >= 4 is 17.6 Å². The van der Waals surface area contributed by atoms with Gasteiger partial charge in [-0.2, -0.15) is 0 Å². The highest BCUT2D eigenvalue weighted by Crippen LogP contribution is 2.47. The molecule has 22 heavy (non-hydrogen) atoms. The molecule has 2 aliphatic heterocycles. The number of rotatable bonds is 3. The van der Waals surface area contributed by atoms with Crippen molar-refractivity contribution in [2.75, 3.05) is 7.11 Å². The number of carbonyl (C=O) groups is 2. The van der Waals surface area contributed by atoms with Crippen LogP contribution in [0.4, 0.5) is 0 Å². The minimum Gasteiger partial charge on any atom is -0.496 e. The lowest BCUT2D eigenvalue weighted by atomic mass is 9.94. The van der Waals surface area contributed by atoms with E-state index in [9.17, 15) is 9.59 Å². The standard InChI is InChI=1S/C17H14O5/c1-20-15-7-16-12(10-4-5-21-17(10)22-16)6-11(15)9-2-3-14(19)13(9)8-18/h4-8,10,17H,2-3H2,1H3. The van der Waals surface area contributed by atoms with Crippen LogP contribution in [0, 0.1) is 0 Å². The molecule has 2 unspecified atom stereocenters. The molecule has 0 saturated heterocycles. The van der Waals surface area contributed by atoms with E-state index < -0.39 is 0 Å². The lowest BCUT2D eigenvalue weighted by Gasteiger charge is -2.12. The Morgan fingerprint density at radius 3 is 2.95 bits per heavy atom. The van der Waals surface area contributed by atoms with Crippen LogP contribution < -0.4 is 9.47 Å². The third-order valence-corrected chi connectivity index (χ3v) is 4.40. The number of ether oxygens (including phenoxy) is 3. The first-order valence-corrected chi connectivity index (χ1v) is 7.15. The molecular formula is C17H14O5. The molecule has 0 saturated carbocycles. The highest BCUT2D eigenvalue weighted by Gasteiger charge is 2.38. The largest absolute Gasteiger partial charge is 0.496 e. The number of benzene rings is 1. The van der Waals surface area contributed by atoms with Crippen LogP contribution in [-0.4, -0.2) is 25.5 Å². The van der Waals surface area contributed by atoms with Crippen LogP contribution in [0.2, 0.25) is 0 Å². The first-order chi connectivity index (χ1) is 10.7. The molecule has 0 aromatic heterocycles. The zero-order valence-electron chi connectivity index (χ0n) is 12.0. The fourth-order valence-corrected chi connectivity index (χ4v) is 3.30. The van der Waals surface area contributed by atoms with Gasteiger partial charge in [0.2, 0.25) is 0 Å². The highest BCUT2D eigenvalue weighted by molar-refractivity contribution is 6.21. The van der Waals surface area contributed by atoms with Gasteiger partial charge in [0, 0.05) is 23.6 Å². The predicted octanol–water partition coefficient (Wildman–Crippen LogP) is 2.36. The van der Waals surface area contributed by atoms with Gasteiger partial charge in [-0.3, -0.25) is 9.59 Å². The Hall–Kier alpha value is -2.56. The second-order valence-corrected chi connectivity index (χ2v) is 5.50. The van der Waals surface area contributed by atoms with Crippen molar-refractivity contribution in [1.29, 1.82) is 0 Å². The Labute approximate surface area is 127 Å². The maximum absolute atomic E-state index is 11.8. The number of carbonyl (C=O) groups excluding carboxylic acids is 2. The zero-order chi connectivity index (χ0) is 15.3. The number of hydrogen-bond donors (Lipinski definition) is 0. The summed E-state index contributed by atoms with van der Waals surface area (Å²) in [7, 11) is 1.56. The van der Waals surface area contributed by atoms with Crippen molar-refractivity contribution in [3.05, 3.63) is 41.2 Å². The summed E-state index contributed by atoms with van der Waals surface area (Å²) in [6, 6.07) is 3.76. The molecule has 1 aromatic rings. The summed E-state index contributed by atoms with van der Waals surface area (Å²) < 4.78 is 16.6. The third-order valence-electron chi connectivity index (χ3n) is 4.40. The number of allylic oxidation sites excluding steroid dienone is 2. The Kier molecular flexibility index (Phi) is 2.82. The third kappa shape index (κ3) is 1.71. The lowest BCUT2D eigenvalue weighted by Crippen LogP contribution is -2.14. The van der Waals surface area contributed by atoms with Crippen molar-refractivity contribution in [3.63, 3.8) is 0 Å². The number of Topliss-reactive ketones (excluding diaryl/α,β-unsaturated/α-hetero) is 1. The molecule has 0 radical (unpaired) electrons. The van der Waals surface area contributed by atoms with Crippen LogP contribution in [0.5, 0.6) is 11.5 Å². The second kappa shape index (κ2) is 4.73. The molecule has 2 heterocycles. The molecule has 1 aromatic carbocycles. The van der Waals surface area contributed by atoms with Gasteiger partial charge in [0.25, 0.3) is 6.29 Å². The van der Waals surface area contributed by atoms with Crippen LogP contribution in [0.3, 0.4) is 0 Å². The normalized spacial score (nSPS) is 24.9. The number of ketones is 1. The fourth-order valence-electron chi connectivity index (χ4n) is 3.30. The minimum atomic E-state index is -0.334. The van der Waals surface area contributed by atoms with Crippen molar-refractivity contribution in [1.82, 2.24) is 0 Å². The van der Waals surface area contributed by atoms with Gasteiger partial charge < -0.3 is 14.2 Å². The summed E-state index contributed by atoms with van der Waals surface area (Å²) in [5.41, 5.74) is 2.79. The number of hydrogen-bond acceptors (Lipinski definition) is 5. The molecule has 0 N–H and O–H groups in total. The van der Waals surface area contributed by atoms with E-state index in [1.54, 1.807) is 19.4 Å². The molecule has 5 heteroatoms. The molecule has 1 aliphatic carbocycles. The van der Waals surface area contributed by atoms with Gasteiger partial charge in [-0.1, -0.05) is 0 Å². The number of methoxy groups -OCH3 is 1. The molecule has 0 spiro atoms. The van der Waals surface area contributed by atoms with E-state index in [0.717, 1.165) is 22.4 Å². The van der Waals surface area contributed by atoms with Crippen molar-refractivity contribution in [2.45, 2.75) is 25.0 Å². The topological polar surface area (TPSA) is 61.8 Å². The van der Waals surface area contributed by atoms with Crippen molar-refractivity contribution < 1.29 is 23.8 Å². The van der Waals surface area contributed by atoms with Gasteiger partial charge in [-0.05, 0) is 24.1 Å². The Morgan fingerprint density at radius 2 is 2.18 bits per heavy atom. The maximum Gasteiger partial charge on any atom is 0.250 e. The van der Waals surface area contributed by atoms with E-state index in [2.05, 4.69) is 0 Å². The van der Waals surface area contributed by atoms with Crippen LogP contribution in [0.1, 0.15) is 29.9 Å². The summed E-state index contributed by atoms with van der Waals surface area (Å²) >= 11 is 0. The average Bonchev–Trinajstić information content (AvgIpc) is 3.19. The van der Waals surface area contributed by atoms with Crippen LogP contribution in [0.15, 0.2) is 30.0 Å². The van der Waals surface area contributed by atoms with Gasteiger partial charge in [0.05, 0.1) is 24.9 Å². The average molecular weight is 298 g/mol. The highest BCUT2D eigenvalue weighted by atomic mass is 16.7. The van der Waals surface area contributed by atoms with Gasteiger partial charge in [0.1, 0.15) is 11.5 Å². The summed E-state index contributed by atoms with van der Waals surface area (Å²) in [6.07, 6.45) is 4.83. The molecule has 4 rings (SSSR count). The van der Waals surface area contributed by atoms with Gasteiger partial charge in [-0.15, -0.1) is 0 Å². The Balaban J connectivity index is 1.88. The van der Waals surface area contributed by atoms with Crippen LogP contribution in [-0.2, 0) is 14.3 Å². The Bertz CT molecular complexity index is 744. The molecular weight excluding hydrogens is 284 g/mol. The molecule has 0 amide bonds. The van der Waals surface area contributed by atoms with E-state index in [0.29, 0.717) is 24.9 Å². The maximum atomic E-state index is 11.8. The van der Waals surface area contributed by atoms with Gasteiger partial charge in [0.15, 0.2) is 12.1 Å². The van der Waals surface area contributed by atoms with E-state index in [-0.39, 0.29) is 23.6 Å². The van der Waals surface area contributed by atoms with Crippen LogP contribution in [0.25, 0.3) is 5.57 Å². The SMILES string of the molecule is COc1cc2c(cc1C1=C(C=O)C(=O)CC1)C1C=COC1O2. The van der Waals surface area contributed by atoms with Crippen LogP contribution >= 0.6 is 0 Å². The molecule has 0 fully saturated rings. The first-order valence-electron chi connectivity index (χ1n) is 7.15. The number of fused-ring (bicyclic) bond motifs is 3. The monoisotopic (exact) mass is 298 g/mol. The van der Waals surface area contributed by atoms with E-state index in [4.69, 9.17) is 14.2 Å². The molecule has 3 aliphatic rings. The van der Waals surface area contributed by atoms with E-state index >= 15 is 0 Å². The van der Waals surface area contributed by atoms with Crippen molar-refractivity contribution in [3.8, 4) is 11.5 Å². The molecule has 5 nitrogen and oxygen atoms in total. The first kappa shape index (κ1) is 13.1. The van der Waals surface area contributed by atoms with E-state index in [1.165, 1.54) is 0 Å². The molecule has 2 atom stereocenters. The van der Waals surface area contributed by atoms with Gasteiger partial charge >= 0.3 is 0 Å². The predicted molar refractivity (Wildman–Crippen MR) is 77.6 cm³/mol. The lowest BCUT2D eigenvalue weighted by molar-refractivity contribution is -0.116. The molecule has 0 bridgehead atoms. The van der Waals surface area contributed by atoms with E-state index in [1.807, 2.05) is 12.1 Å². The molecule has 112 valence electrons. The second-order valence-electron chi connectivity index (χ2n) is 5.50. The quantitative estimate of drug-likeness (QED) is 0.633. The Morgan fingerprint density at radius 1 is 1.32 bits per heavy atom. The van der Waals surface area contributed by atoms with Crippen molar-refractivity contribution in [2.24, 2.45) is 0 Å².